The van der Waals surface area contributed by atoms with Crippen molar-refractivity contribution in [1.29, 1.82) is 0 Å². The Morgan fingerprint density at radius 3 is 2.15 bits per heavy atom. The molecular weight excluding hydrogens is 174 g/mol. The van der Waals surface area contributed by atoms with Crippen molar-refractivity contribution in [2.45, 2.75) is 6.92 Å². The van der Waals surface area contributed by atoms with E-state index in [1.54, 1.807) is 0 Å². The van der Waals surface area contributed by atoms with Crippen molar-refractivity contribution in [1.82, 2.24) is 0 Å². The Morgan fingerprint density at radius 2 is 1.62 bits per heavy atom. The Labute approximate surface area is 78.1 Å². The normalized spacial score (nSPS) is 10.2. The fourth-order valence-corrected chi connectivity index (χ4v) is 0.655. The Balaban J connectivity index is 2.87. The average molecular weight is 191 g/mol. The first-order chi connectivity index (χ1) is 6.27. The summed E-state index contributed by atoms with van der Waals surface area (Å²) in [6.45, 7) is 4.56. The van der Waals surface area contributed by atoms with E-state index < -0.39 is 5.91 Å². The molecule has 0 bridgehead atoms. The number of primary amides is 1. The van der Waals surface area contributed by atoms with Gasteiger partial charge in [0.25, 0.3) is 0 Å². The molecule has 5 heteroatoms. The molecule has 0 aliphatic carbocycles. The zero-order chi connectivity index (χ0) is 9.94. The van der Waals surface area contributed by atoms with Crippen LogP contribution in [0.2, 0.25) is 0 Å². The van der Waals surface area contributed by atoms with Gasteiger partial charge in [-0.25, -0.2) is 0 Å². The average Bonchev–Trinajstić information content (AvgIpc) is 2.09. The summed E-state index contributed by atoms with van der Waals surface area (Å²) in [6.07, 6.45) is 0. The Morgan fingerprint density at radius 1 is 1.08 bits per heavy atom. The van der Waals surface area contributed by atoms with Crippen molar-refractivity contribution in [3.8, 4) is 0 Å². The molecule has 0 rings (SSSR count). The molecule has 0 saturated carbocycles. The van der Waals surface area contributed by atoms with Crippen LogP contribution in [0, 0.1) is 0 Å². The van der Waals surface area contributed by atoms with Crippen LogP contribution < -0.4 is 5.73 Å². The summed E-state index contributed by atoms with van der Waals surface area (Å²) < 4.78 is 15.0. The van der Waals surface area contributed by atoms with Crippen LogP contribution in [0.3, 0.4) is 0 Å². The number of hydrogen-bond donors (Lipinski definition) is 1. The largest absolute Gasteiger partial charge is 0.379 e. The molecule has 0 atom stereocenters. The minimum absolute atomic E-state index is 0.0468. The Bertz CT molecular complexity index is 129. The molecule has 0 spiro atoms. The van der Waals surface area contributed by atoms with Gasteiger partial charge in [0.2, 0.25) is 5.91 Å². The van der Waals surface area contributed by atoms with Crippen LogP contribution >= 0.6 is 0 Å². The molecule has 0 aromatic rings. The van der Waals surface area contributed by atoms with Gasteiger partial charge in [0.1, 0.15) is 6.61 Å². The number of amides is 1. The van der Waals surface area contributed by atoms with Crippen LogP contribution in [0.5, 0.6) is 0 Å². The Hall–Kier alpha value is -0.650. The zero-order valence-electron chi connectivity index (χ0n) is 7.95. The predicted octanol–water partition coefficient (Wildman–Crippen LogP) is -0.459. The number of carbonyl (C=O) groups excluding carboxylic acids is 1. The minimum atomic E-state index is -0.464. The van der Waals surface area contributed by atoms with E-state index in [4.69, 9.17) is 19.9 Å². The SMILES string of the molecule is CCOCCOCCOCC(N)=O. The third-order valence-corrected chi connectivity index (χ3v) is 1.19. The highest BCUT2D eigenvalue weighted by atomic mass is 16.5. The van der Waals surface area contributed by atoms with Crippen molar-refractivity contribution in [2.75, 3.05) is 39.6 Å². The summed E-state index contributed by atoms with van der Waals surface area (Å²) in [5.41, 5.74) is 4.85. The number of rotatable bonds is 9. The van der Waals surface area contributed by atoms with Gasteiger partial charge in [0.05, 0.1) is 26.4 Å². The van der Waals surface area contributed by atoms with Gasteiger partial charge in [-0.15, -0.1) is 0 Å². The summed E-state index contributed by atoms with van der Waals surface area (Å²) in [7, 11) is 0. The standard InChI is InChI=1S/C8H17NO4/c1-2-11-3-4-12-5-6-13-7-8(9)10/h2-7H2,1H3,(H2,9,10). The van der Waals surface area contributed by atoms with Gasteiger partial charge in [-0.1, -0.05) is 0 Å². The molecule has 13 heavy (non-hydrogen) atoms. The van der Waals surface area contributed by atoms with Gasteiger partial charge < -0.3 is 19.9 Å². The lowest BCUT2D eigenvalue weighted by Crippen LogP contribution is -2.20. The second kappa shape index (κ2) is 9.44. The lowest BCUT2D eigenvalue weighted by Gasteiger charge is -2.04. The molecule has 0 aliphatic rings. The smallest absolute Gasteiger partial charge is 0.243 e. The summed E-state index contributed by atoms with van der Waals surface area (Å²) in [5, 5.41) is 0. The van der Waals surface area contributed by atoms with Crippen LogP contribution in [0.1, 0.15) is 6.92 Å². The van der Waals surface area contributed by atoms with Gasteiger partial charge in [-0.05, 0) is 6.92 Å². The van der Waals surface area contributed by atoms with E-state index in [-0.39, 0.29) is 6.61 Å². The van der Waals surface area contributed by atoms with E-state index in [0.717, 1.165) is 0 Å². The topological polar surface area (TPSA) is 70.8 Å². The molecule has 0 aliphatic heterocycles. The van der Waals surface area contributed by atoms with Crippen molar-refractivity contribution >= 4 is 5.91 Å². The molecule has 5 nitrogen and oxygen atoms in total. The van der Waals surface area contributed by atoms with E-state index in [1.807, 2.05) is 6.92 Å². The monoisotopic (exact) mass is 191 g/mol. The number of ether oxygens (including phenoxy) is 3. The quantitative estimate of drug-likeness (QED) is 0.501. The van der Waals surface area contributed by atoms with Crippen LogP contribution in [-0.4, -0.2) is 45.5 Å². The molecule has 0 unspecified atom stereocenters. The van der Waals surface area contributed by atoms with Crippen LogP contribution in [0.25, 0.3) is 0 Å². The minimum Gasteiger partial charge on any atom is -0.379 e. The molecule has 0 fully saturated rings. The maximum atomic E-state index is 10.2. The van der Waals surface area contributed by atoms with Gasteiger partial charge in [0.15, 0.2) is 0 Å². The van der Waals surface area contributed by atoms with Crippen LogP contribution in [0.4, 0.5) is 0 Å². The van der Waals surface area contributed by atoms with Gasteiger partial charge >= 0.3 is 0 Å². The summed E-state index contributed by atoms with van der Waals surface area (Å²) >= 11 is 0. The van der Waals surface area contributed by atoms with Crippen LogP contribution in [-0.2, 0) is 19.0 Å². The molecule has 78 valence electrons. The fourth-order valence-electron chi connectivity index (χ4n) is 0.655. The molecule has 0 radical (unpaired) electrons. The zero-order valence-corrected chi connectivity index (χ0v) is 7.95. The fraction of sp³-hybridized carbons (Fsp3) is 0.875. The molecular formula is C8H17NO4. The van der Waals surface area contributed by atoms with E-state index in [1.165, 1.54) is 0 Å². The first-order valence-electron chi connectivity index (χ1n) is 4.29. The number of hydrogen-bond acceptors (Lipinski definition) is 4. The molecule has 0 heterocycles. The van der Waals surface area contributed by atoms with E-state index in [2.05, 4.69) is 0 Å². The highest BCUT2D eigenvalue weighted by Crippen LogP contribution is 1.80. The van der Waals surface area contributed by atoms with E-state index in [0.29, 0.717) is 33.0 Å². The summed E-state index contributed by atoms with van der Waals surface area (Å²) in [4.78, 5) is 10.2. The molecule has 0 aromatic heterocycles. The van der Waals surface area contributed by atoms with Crippen molar-refractivity contribution in [3.63, 3.8) is 0 Å². The van der Waals surface area contributed by atoms with E-state index in [9.17, 15) is 4.79 Å². The molecule has 2 N–H and O–H groups in total. The summed E-state index contributed by atoms with van der Waals surface area (Å²) in [6, 6.07) is 0. The first kappa shape index (κ1) is 12.3. The van der Waals surface area contributed by atoms with Crippen molar-refractivity contribution in [3.05, 3.63) is 0 Å². The highest BCUT2D eigenvalue weighted by molar-refractivity contribution is 5.74. The van der Waals surface area contributed by atoms with Gasteiger partial charge in [-0.2, -0.15) is 0 Å². The molecule has 0 aromatic carbocycles. The molecule has 0 saturated heterocycles. The maximum Gasteiger partial charge on any atom is 0.243 e. The predicted molar refractivity (Wildman–Crippen MR) is 47.3 cm³/mol. The number of carbonyl (C=O) groups is 1. The van der Waals surface area contributed by atoms with Crippen molar-refractivity contribution < 1.29 is 19.0 Å². The number of nitrogens with two attached hydrogens (primary N) is 1. The molecule has 1 amide bonds. The summed E-state index contributed by atoms with van der Waals surface area (Å²) in [5.74, 6) is -0.464. The van der Waals surface area contributed by atoms with Gasteiger partial charge in [0, 0.05) is 6.61 Å². The highest BCUT2D eigenvalue weighted by Gasteiger charge is 1.93. The maximum absolute atomic E-state index is 10.2. The second-order valence-electron chi connectivity index (χ2n) is 2.33. The third-order valence-electron chi connectivity index (χ3n) is 1.19. The Kier molecular flexibility index (Phi) is 8.97. The van der Waals surface area contributed by atoms with Gasteiger partial charge in [-0.3, -0.25) is 4.79 Å². The van der Waals surface area contributed by atoms with Crippen molar-refractivity contribution in [2.24, 2.45) is 5.73 Å². The lowest BCUT2D eigenvalue weighted by atomic mass is 10.6. The third kappa shape index (κ3) is 11.3. The lowest BCUT2D eigenvalue weighted by molar-refractivity contribution is -0.123. The first-order valence-corrected chi connectivity index (χ1v) is 4.29. The van der Waals surface area contributed by atoms with Crippen LogP contribution in [0.15, 0.2) is 0 Å². The van der Waals surface area contributed by atoms with E-state index >= 15 is 0 Å². The second-order valence-corrected chi connectivity index (χ2v) is 2.33.